The predicted molar refractivity (Wildman–Crippen MR) is 67.5 cm³/mol. The van der Waals surface area contributed by atoms with Crippen LogP contribution in [0.15, 0.2) is 27.4 Å². The Morgan fingerprint density at radius 2 is 2.06 bits per heavy atom. The molecular weight excluding hydrogens is 216 g/mol. The molecule has 0 spiro atoms. The first-order chi connectivity index (χ1) is 8.11. The van der Waals surface area contributed by atoms with Gasteiger partial charge in [0.15, 0.2) is 0 Å². The molecule has 0 aliphatic carbocycles. The normalized spacial score (nSPS) is 10.9. The van der Waals surface area contributed by atoms with Gasteiger partial charge in [-0.05, 0) is 43.0 Å². The van der Waals surface area contributed by atoms with Gasteiger partial charge in [-0.2, -0.15) is 0 Å². The number of unbranched alkanes of at least 4 members (excludes halogenated alkanes) is 1. The zero-order valence-corrected chi connectivity index (χ0v) is 10.1. The third kappa shape index (κ3) is 2.33. The van der Waals surface area contributed by atoms with E-state index in [1.165, 1.54) is 6.07 Å². The number of rotatable bonds is 3. The van der Waals surface area contributed by atoms with Crippen molar-refractivity contribution in [3.63, 3.8) is 0 Å². The van der Waals surface area contributed by atoms with Crippen LogP contribution in [0.2, 0.25) is 0 Å². The summed E-state index contributed by atoms with van der Waals surface area (Å²) in [5.74, 6) is 0.190. The van der Waals surface area contributed by atoms with E-state index < -0.39 is 0 Å². The number of hydrogen-bond acceptors (Lipinski definition) is 3. The average Bonchev–Trinajstić information content (AvgIpc) is 2.24. The fraction of sp³-hybridized carbons (Fsp3) is 0.357. The second-order valence-corrected chi connectivity index (χ2v) is 4.35. The van der Waals surface area contributed by atoms with Crippen LogP contribution >= 0.6 is 0 Å². The molecule has 17 heavy (non-hydrogen) atoms. The fourth-order valence-corrected chi connectivity index (χ4v) is 2.05. The molecule has 1 heterocycles. The Hall–Kier alpha value is -1.77. The van der Waals surface area contributed by atoms with Gasteiger partial charge in [0.25, 0.3) is 0 Å². The van der Waals surface area contributed by atoms with Crippen LogP contribution in [0.4, 0.5) is 0 Å². The van der Waals surface area contributed by atoms with Crippen molar-refractivity contribution in [3.8, 4) is 5.75 Å². The lowest BCUT2D eigenvalue weighted by molar-refractivity contribution is 0.477. The van der Waals surface area contributed by atoms with Gasteiger partial charge < -0.3 is 9.52 Å². The Morgan fingerprint density at radius 3 is 2.76 bits per heavy atom. The average molecular weight is 232 g/mol. The van der Waals surface area contributed by atoms with Crippen molar-refractivity contribution in [1.82, 2.24) is 0 Å². The van der Waals surface area contributed by atoms with E-state index in [0.29, 0.717) is 11.0 Å². The molecular formula is C14H16O3. The van der Waals surface area contributed by atoms with E-state index in [4.69, 9.17) is 4.42 Å². The zero-order chi connectivity index (χ0) is 12.4. The first kappa shape index (κ1) is 11.7. The Balaban J connectivity index is 2.69. The molecule has 0 aliphatic heterocycles. The summed E-state index contributed by atoms with van der Waals surface area (Å²) in [6.45, 7) is 3.95. The van der Waals surface area contributed by atoms with E-state index in [-0.39, 0.29) is 11.4 Å². The minimum Gasteiger partial charge on any atom is -0.507 e. The van der Waals surface area contributed by atoms with E-state index in [1.807, 2.05) is 6.92 Å². The molecule has 90 valence electrons. The lowest BCUT2D eigenvalue weighted by atomic mass is 10.0. The third-order valence-electron chi connectivity index (χ3n) is 2.85. The van der Waals surface area contributed by atoms with Crippen molar-refractivity contribution < 1.29 is 9.52 Å². The Labute approximate surface area is 99.7 Å². The maximum Gasteiger partial charge on any atom is 0.336 e. The molecule has 3 nitrogen and oxygen atoms in total. The summed E-state index contributed by atoms with van der Waals surface area (Å²) in [7, 11) is 0. The molecule has 2 aromatic rings. The highest BCUT2D eigenvalue weighted by Gasteiger charge is 2.10. The summed E-state index contributed by atoms with van der Waals surface area (Å²) in [4.78, 5) is 11.4. The second kappa shape index (κ2) is 4.62. The number of benzene rings is 1. The first-order valence-electron chi connectivity index (χ1n) is 5.88. The van der Waals surface area contributed by atoms with Gasteiger partial charge in [-0.15, -0.1) is 0 Å². The lowest BCUT2D eigenvalue weighted by Gasteiger charge is -2.07. The summed E-state index contributed by atoms with van der Waals surface area (Å²) in [5.41, 5.74) is 1.87. The maximum atomic E-state index is 11.4. The molecule has 0 bridgehead atoms. The van der Waals surface area contributed by atoms with E-state index in [0.717, 1.165) is 30.4 Å². The molecule has 2 rings (SSSR count). The number of fused-ring (bicyclic) bond motifs is 1. The van der Waals surface area contributed by atoms with Gasteiger partial charge in [0.2, 0.25) is 0 Å². The van der Waals surface area contributed by atoms with Crippen LogP contribution in [0.5, 0.6) is 5.75 Å². The van der Waals surface area contributed by atoms with Gasteiger partial charge in [0.1, 0.15) is 11.3 Å². The summed E-state index contributed by atoms with van der Waals surface area (Å²) < 4.78 is 5.13. The van der Waals surface area contributed by atoms with Crippen LogP contribution in [-0.4, -0.2) is 5.11 Å². The summed E-state index contributed by atoms with van der Waals surface area (Å²) >= 11 is 0. The number of aromatic hydroxyl groups is 1. The highest BCUT2D eigenvalue weighted by atomic mass is 16.4. The fourth-order valence-electron chi connectivity index (χ4n) is 2.05. The minimum atomic E-state index is -0.353. The van der Waals surface area contributed by atoms with Gasteiger partial charge in [0.05, 0.1) is 5.39 Å². The maximum absolute atomic E-state index is 11.4. The van der Waals surface area contributed by atoms with Crippen LogP contribution in [0.1, 0.15) is 30.9 Å². The van der Waals surface area contributed by atoms with E-state index in [9.17, 15) is 9.90 Å². The van der Waals surface area contributed by atoms with Gasteiger partial charge in [-0.25, -0.2) is 4.79 Å². The molecule has 0 saturated heterocycles. The zero-order valence-electron chi connectivity index (χ0n) is 10.1. The SMILES string of the molecule is CCCCc1cc(=O)oc2cc(C)cc(O)c12. The van der Waals surface area contributed by atoms with E-state index in [1.54, 1.807) is 12.1 Å². The van der Waals surface area contributed by atoms with Crippen LogP contribution in [0.3, 0.4) is 0 Å². The molecule has 1 aromatic heterocycles. The van der Waals surface area contributed by atoms with Crippen molar-refractivity contribution in [2.24, 2.45) is 0 Å². The van der Waals surface area contributed by atoms with Crippen molar-refractivity contribution in [2.45, 2.75) is 33.1 Å². The summed E-state index contributed by atoms with van der Waals surface area (Å²) in [5, 5.41) is 10.6. The van der Waals surface area contributed by atoms with E-state index in [2.05, 4.69) is 6.92 Å². The van der Waals surface area contributed by atoms with Gasteiger partial charge in [0, 0.05) is 6.07 Å². The van der Waals surface area contributed by atoms with Crippen LogP contribution < -0.4 is 5.63 Å². The van der Waals surface area contributed by atoms with Crippen molar-refractivity contribution >= 4 is 11.0 Å². The Bertz CT molecular complexity index is 596. The van der Waals surface area contributed by atoms with Crippen molar-refractivity contribution in [1.29, 1.82) is 0 Å². The van der Waals surface area contributed by atoms with Gasteiger partial charge in [-0.3, -0.25) is 0 Å². The molecule has 0 saturated carbocycles. The molecule has 0 atom stereocenters. The Kier molecular flexibility index (Phi) is 3.18. The second-order valence-electron chi connectivity index (χ2n) is 4.35. The third-order valence-corrected chi connectivity index (χ3v) is 2.85. The van der Waals surface area contributed by atoms with Crippen LogP contribution in [0, 0.1) is 6.92 Å². The standard InChI is InChI=1S/C14H16O3/c1-3-4-5-10-8-13(16)17-12-7-9(2)6-11(15)14(10)12/h6-8,15H,3-5H2,1-2H3. The molecule has 0 fully saturated rings. The predicted octanol–water partition coefficient (Wildman–Crippen LogP) is 3.15. The van der Waals surface area contributed by atoms with Gasteiger partial charge in [-0.1, -0.05) is 13.3 Å². The molecule has 0 aliphatic rings. The topological polar surface area (TPSA) is 50.4 Å². The number of phenolic OH excluding ortho intramolecular Hbond substituents is 1. The van der Waals surface area contributed by atoms with Crippen molar-refractivity contribution in [3.05, 3.63) is 39.7 Å². The first-order valence-corrected chi connectivity index (χ1v) is 5.88. The van der Waals surface area contributed by atoms with Gasteiger partial charge >= 0.3 is 5.63 Å². The highest BCUT2D eigenvalue weighted by Crippen LogP contribution is 2.29. The smallest absolute Gasteiger partial charge is 0.336 e. The molecule has 0 amide bonds. The minimum absolute atomic E-state index is 0.190. The quantitative estimate of drug-likeness (QED) is 0.827. The summed E-state index contributed by atoms with van der Waals surface area (Å²) in [6.07, 6.45) is 2.83. The molecule has 1 N–H and O–H groups in total. The highest BCUT2D eigenvalue weighted by molar-refractivity contribution is 5.87. The summed E-state index contributed by atoms with van der Waals surface area (Å²) in [6, 6.07) is 4.96. The Morgan fingerprint density at radius 1 is 1.29 bits per heavy atom. The van der Waals surface area contributed by atoms with Crippen LogP contribution in [-0.2, 0) is 6.42 Å². The lowest BCUT2D eigenvalue weighted by Crippen LogP contribution is -2.01. The number of phenols is 1. The van der Waals surface area contributed by atoms with Crippen molar-refractivity contribution in [2.75, 3.05) is 0 Å². The number of aryl methyl sites for hydroxylation is 2. The van der Waals surface area contributed by atoms with Crippen LogP contribution in [0.25, 0.3) is 11.0 Å². The monoisotopic (exact) mass is 232 g/mol. The molecule has 1 aromatic carbocycles. The van der Waals surface area contributed by atoms with E-state index >= 15 is 0 Å². The molecule has 3 heteroatoms. The number of hydrogen-bond donors (Lipinski definition) is 1. The molecule has 0 radical (unpaired) electrons. The molecule has 0 unspecified atom stereocenters. The largest absolute Gasteiger partial charge is 0.507 e.